The number of carbonyl (C=O) groups is 1. The molecule has 0 radical (unpaired) electrons. The van der Waals surface area contributed by atoms with Crippen molar-refractivity contribution in [1.82, 2.24) is 4.90 Å². The molecular formula is C9H15NOS. The van der Waals surface area contributed by atoms with Crippen LogP contribution in [-0.2, 0) is 4.79 Å². The highest BCUT2D eigenvalue weighted by atomic mass is 32.2. The lowest BCUT2D eigenvalue weighted by Crippen LogP contribution is -2.30. The molecule has 1 unspecified atom stereocenters. The van der Waals surface area contributed by atoms with E-state index in [2.05, 4.69) is 12.3 Å². The molecule has 3 heteroatoms. The third kappa shape index (κ3) is 2.03. The number of allylic oxidation sites excluding steroid dienone is 1. The molecule has 0 aromatic rings. The molecule has 1 amide bonds. The average Bonchev–Trinajstić information content (AvgIpc) is 2.50. The highest BCUT2D eigenvalue weighted by Gasteiger charge is 2.24. The predicted octanol–water partition coefficient (Wildman–Crippen LogP) is 1.87. The summed E-state index contributed by atoms with van der Waals surface area (Å²) in [6.07, 6.45) is 2.02. The van der Waals surface area contributed by atoms with Crippen LogP contribution in [0.4, 0.5) is 0 Å². The van der Waals surface area contributed by atoms with E-state index in [1.807, 2.05) is 14.1 Å². The molecule has 1 heterocycles. The van der Waals surface area contributed by atoms with Gasteiger partial charge >= 0.3 is 0 Å². The number of hydrogen-bond acceptors (Lipinski definition) is 2. The van der Waals surface area contributed by atoms with Gasteiger partial charge in [-0.05, 0) is 18.2 Å². The number of hydrogen-bond donors (Lipinski definition) is 0. The van der Waals surface area contributed by atoms with Gasteiger partial charge in [0, 0.05) is 14.1 Å². The van der Waals surface area contributed by atoms with Crippen molar-refractivity contribution < 1.29 is 4.79 Å². The Bertz CT molecular complexity index is 211. The summed E-state index contributed by atoms with van der Waals surface area (Å²) in [7, 11) is 3.62. The van der Waals surface area contributed by atoms with E-state index in [9.17, 15) is 4.79 Å². The van der Waals surface area contributed by atoms with E-state index in [-0.39, 0.29) is 11.2 Å². The summed E-state index contributed by atoms with van der Waals surface area (Å²) in [5.74, 6) is 0.236. The van der Waals surface area contributed by atoms with Gasteiger partial charge in [0.25, 0.3) is 0 Å². The second kappa shape index (κ2) is 3.99. The van der Waals surface area contributed by atoms with Gasteiger partial charge in [-0.2, -0.15) is 0 Å². The summed E-state index contributed by atoms with van der Waals surface area (Å²) in [5.41, 5.74) is 1.40. The smallest absolute Gasteiger partial charge is 0.235 e. The minimum absolute atomic E-state index is 0.148. The topological polar surface area (TPSA) is 20.3 Å². The summed E-state index contributed by atoms with van der Waals surface area (Å²) in [6, 6.07) is 0. The molecule has 1 aliphatic rings. The summed E-state index contributed by atoms with van der Waals surface area (Å²) < 4.78 is 0. The number of nitrogens with zero attached hydrogens (tertiary/aromatic N) is 1. The van der Waals surface area contributed by atoms with Crippen molar-refractivity contribution in [3.05, 3.63) is 11.0 Å². The lowest BCUT2D eigenvalue weighted by atomic mass is 10.1. The zero-order chi connectivity index (χ0) is 9.14. The molecule has 0 aliphatic carbocycles. The van der Waals surface area contributed by atoms with E-state index >= 15 is 0 Å². The Morgan fingerprint density at radius 1 is 1.75 bits per heavy atom. The van der Waals surface area contributed by atoms with E-state index in [0.717, 1.165) is 12.8 Å². The van der Waals surface area contributed by atoms with Crippen molar-refractivity contribution in [3.8, 4) is 0 Å². The molecule has 0 bridgehead atoms. The van der Waals surface area contributed by atoms with Crippen LogP contribution >= 0.6 is 11.8 Å². The molecule has 2 nitrogen and oxygen atoms in total. The molecule has 12 heavy (non-hydrogen) atoms. The van der Waals surface area contributed by atoms with Gasteiger partial charge in [0.15, 0.2) is 0 Å². The van der Waals surface area contributed by atoms with Crippen LogP contribution in [0.5, 0.6) is 0 Å². The van der Waals surface area contributed by atoms with Crippen LogP contribution in [0, 0.1) is 0 Å². The SMILES string of the molecule is CCC1=CSC(C(=O)N(C)C)C1. The van der Waals surface area contributed by atoms with Crippen LogP contribution in [0.1, 0.15) is 19.8 Å². The number of carbonyl (C=O) groups excluding carboxylic acids is 1. The number of thioether (sulfide) groups is 1. The zero-order valence-corrected chi connectivity index (χ0v) is 8.65. The fourth-order valence-corrected chi connectivity index (χ4v) is 2.43. The molecule has 68 valence electrons. The Balaban J connectivity index is 2.46. The lowest BCUT2D eigenvalue weighted by Gasteiger charge is -2.15. The second-order valence-electron chi connectivity index (χ2n) is 3.19. The van der Waals surface area contributed by atoms with Crippen LogP contribution < -0.4 is 0 Å². The van der Waals surface area contributed by atoms with Crippen molar-refractivity contribution >= 4 is 17.7 Å². The molecular weight excluding hydrogens is 170 g/mol. The first-order chi connectivity index (χ1) is 5.65. The van der Waals surface area contributed by atoms with Crippen molar-refractivity contribution in [3.63, 3.8) is 0 Å². The number of amides is 1. The Morgan fingerprint density at radius 2 is 2.42 bits per heavy atom. The molecule has 0 saturated heterocycles. The quantitative estimate of drug-likeness (QED) is 0.654. The molecule has 0 spiro atoms. The van der Waals surface area contributed by atoms with Crippen molar-refractivity contribution in [1.29, 1.82) is 0 Å². The predicted molar refractivity (Wildman–Crippen MR) is 53.1 cm³/mol. The molecule has 0 fully saturated rings. The van der Waals surface area contributed by atoms with Gasteiger partial charge in [-0.3, -0.25) is 4.79 Å². The first-order valence-corrected chi connectivity index (χ1v) is 5.14. The van der Waals surface area contributed by atoms with Gasteiger partial charge in [-0.15, -0.1) is 11.8 Å². The average molecular weight is 185 g/mol. The lowest BCUT2D eigenvalue weighted by molar-refractivity contribution is -0.128. The maximum atomic E-state index is 11.5. The molecule has 1 atom stereocenters. The maximum absolute atomic E-state index is 11.5. The van der Waals surface area contributed by atoms with E-state index in [0.29, 0.717) is 0 Å². The third-order valence-electron chi connectivity index (χ3n) is 2.02. The maximum Gasteiger partial charge on any atom is 0.235 e. The van der Waals surface area contributed by atoms with Gasteiger partial charge in [-0.25, -0.2) is 0 Å². The van der Waals surface area contributed by atoms with Gasteiger partial charge in [0.2, 0.25) is 5.91 Å². The van der Waals surface area contributed by atoms with E-state index < -0.39 is 0 Å². The number of rotatable bonds is 2. The third-order valence-corrected chi connectivity index (χ3v) is 3.18. The van der Waals surface area contributed by atoms with Crippen LogP contribution in [-0.4, -0.2) is 30.2 Å². The molecule has 1 rings (SSSR count). The minimum Gasteiger partial charge on any atom is -0.348 e. The highest BCUT2D eigenvalue weighted by molar-refractivity contribution is 8.03. The van der Waals surface area contributed by atoms with Gasteiger partial charge < -0.3 is 4.90 Å². The van der Waals surface area contributed by atoms with Gasteiger partial charge in [-0.1, -0.05) is 12.5 Å². The monoisotopic (exact) mass is 185 g/mol. The van der Waals surface area contributed by atoms with Crippen molar-refractivity contribution in [2.24, 2.45) is 0 Å². The molecule has 0 N–H and O–H groups in total. The Kier molecular flexibility index (Phi) is 3.20. The minimum atomic E-state index is 0.148. The summed E-state index contributed by atoms with van der Waals surface area (Å²) in [4.78, 5) is 13.1. The highest BCUT2D eigenvalue weighted by Crippen LogP contribution is 2.32. The molecule has 0 saturated carbocycles. The van der Waals surface area contributed by atoms with E-state index in [1.54, 1.807) is 16.7 Å². The van der Waals surface area contributed by atoms with Crippen LogP contribution in [0.2, 0.25) is 0 Å². The van der Waals surface area contributed by atoms with Gasteiger partial charge in [0.05, 0.1) is 5.25 Å². The summed E-state index contributed by atoms with van der Waals surface area (Å²) in [6.45, 7) is 2.13. The zero-order valence-electron chi connectivity index (χ0n) is 7.83. The van der Waals surface area contributed by atoms with E-state index in [4.69, 9.17) is 0 Å². The Hall–Kier alpha value is -0.440. The molecule has 0 aromatic carbocycles. The Morgan fingerprint density at radius 3 is 2.83 bits per heavy atom. The van der Waals surface area contributed by atoms with Crippen LogP contribution in [0.25, 0.3) is 0 Å². The fourth-order valence-electron chi connectivity index (χ4n) is 1.17. The standard InChI is InChI=1S/C9H15NOS/c1-4-7-5-8(12-6-7)9(11)10(2)3/h6,8H,4-5H2,1-3H3. The molecule has 1 aliphatic heterocycles. The molecule has 0 aromatic heterocycles. The Labute approximate surface area is 78.0 Å². The summed E-state index contributed by atoms with van der Waals surface area (Å²) in [5, 5.41) is 2.28. The van der Waals surface area contributed by atoms with Crippen LogP contribution in [0.15, 0.2) is 11.0 Å². The second-order valence-corrected chi connectivity index (χ2v) is 4.27. The first-order valence-electron chi connectivity index (χ1n) is 4.19. The van der Waals surface area contributed by atoms with Crippen LogP contribution in [0.3, 0.4) is 0 Å². The van der Waals surface area contributed by atoms with Crippen molar-refractivity contribution in [2.75, 3.05) is 14.1 Å². The first kappa shape index (κ1) is 9.65. The largest absolute Gasteiger partial charge is 0.348 e. The van der Waals surface area contributed by atoms with Crippen molar-refractivity contribution in [2.45, 2.75) is 25.0 Å². The summed E-state index contributed by atoms with van der Waals surface area (Å²) >= 11 is 1.66. The van der Waals surface area contributed by atoms with E-state index in [1.165, 1.54) is 5.57 Å². The fraction of sp³-hybridized carbons (Fsp3) is 0.667. The normalized spacial score (nSPS) is 22.2. The van der Waals surface area contributed by atoms with Gasteiger partial charge in [0.1, 0.15) is 0 Å².